The smallest absolute Gasteiger partial charge is 0.0620 e. The van der Waals surface area contributed by atoms with Crippen LogP contribution in [0.1, 0.15) is 52.7 Å². The van der Waals surface area contributed by atoms with Gasteiger partial charge in [0.2, 0.25) is 0 Å². The Morgan fingerprint density at radius 3 is 1.51 bits per heavy atom. The molecule has 0 N–H and O–H groups in total. The molecule has 1 heteroatoms. The monoisotopic (exact) mass is 807 g/mol. The van der Waals surface area contributed by atoms with Gasteiger partial charge in [-0.25, -0.2) is 0 Å². The van der Waals surface area contributed by atoms with Gasteiger partial charge in [-0.3, -0.25) is 0 Å². The highest BCUT2D eigenvalue weighted by molar-refractivity contribution is 6.27. The Hall–Kier alpha value is -7.22. The van der Waals surface area contributed by atoms with Crippen molar-refractivity contribution in [1.82, 2.24) is 4.57 Å². The first-order valence-electron chi connectivity index (χ1n) is 22.4. The minimum Gasteiger partial charge on any atom is -0.308 e. The predicted molar refractivity (Wildman–Crippen MR) is 273 cm³/mol. The molecule has 0 saturated heterocycles. The zero-order chi connectivity index (χ0) is 42.8. The summed E-state index contributed by atoms with van der Waals surface area (Å²) < 4.78 is 2.60. The zero-order valence-electron chi connectivity index (χ0n) is 36.8. The van der Waals surface area contributed by atoms with E-state index >= 15 is 0 Å². The summed E-state index contributed by atoms with van der Waals surface area (Å²) in [6, 6.07) is 70.8. The third-order valence-electron chi connectivity index (χ3n) is 13.7. The first-order chi connectivity index (χ1) is 30.6. The summed E-state index contributed by atoms with van der Waals surface area (Å²) in [5.74, 6) is 0. The van der Waals surface area contributed by atoms with Gasteiger partial charge in [0.25, 0.3) is 0 Å². The maximum atomic E-state index is 2.60. The number of aromatic nitrogens is 1. The standard InChI is InChI=1S/C62H49N/c1-61(2,3)57-48-23-13-14-24-49(48)58(62(4,5)6)53-37-43(31-34-50(53)57)63-59(42-19-11-8-12-20-42)56(38-17-9-7-10-18-38)52-36-35-46-44(25-16-26-51(46)60(52)63)45-32-29-41-28-27-39-21-15-22-40-30-33-47(45)55(41)54(39)40/h7-37H,1-6H3. The Labute approximate surface area is 369 Å². The van der Waals surface area contributed by atoms with E-state index in [1.165, 1.54) is 120 Å². The number of hydrogen-bond acceptors (Lipinski definition) is 0. The summed E-state index contributed by atoms with van der Waals surface area (Å²) in [6.07, 6.45) is 0. The number of benzene rings is 11. The molecule has 63 heavy (non-hydrogen) atoms. The molecule has 0 aliphatic heterocycles. The van der Waals surface area contributed by atoms with E-state index in [1.54, 1.807) is 0 Å². The number of rotatable bonds is 4. The maximum Gasteiger partial charge on any atom is 0.0620 e. The highest BCUT2D eigenvalue weighted by Crippen LogP contribution is 2.49. The second-order valence-electron chi connectivity index (χ2n) is 19.6. The van der Waals surface area contributed by atoms with Crippen LogP contribution in [-0.2, 0) is 10.8 Å². The van der Waals surface area contributed by atoms with Gasteiger partial charge in [0.05, 0.1) is 11.2 Å². The van der Waals surface area contributed by atoms with Crippen LogP contribution in [0.25, 0.3) is 115 Å². The topological polar surface area (TPSA) is 4.93 Å². The van der Waals surface area contributed by atoms with E-state index in [4.69, 9.17) is 0 Å². The molecular formula is C62H49N. The van der Waals surface area contributed by atoms with Gasteiger partial charge in [0.15, 0.2) is 0 Å². The van der Waals surface area contributed by atoms with Crippen LogP contribution in [0.15, 0.2) is 188 Å². The molecule has 12 aromatic rings. The molecule has 0 atom stereocenters. The second kappa shape index (κ2) is 13.6. The first-order valence-corrected chi connectivity index (χ1v) is 22.4. The zero-order valence-corrected chi connectivity index (χ0v) is 36.8. The van der Waals surface area contributed by atoms with Crippen molar-refractivity contribution < 1.29 is 0 Å². The molecule has 1 heterocycles. The quantitative estimate of drug-likeness (QED) is 0.123. The fraction of sp³-hybridized carbons (Fsp3) is 0.129. The predicted octanol–water partition coefficient (Wildman–Crippen LogP) is 17.6. The normalized spacial score (nSPS) is 12.6. The van der Waals surface area contributed by atoms with Gasteiger partial charge in [0.1, 0.15) is 0 Å². The lowest BCUT2D eigenvalue weighted by molar-refractivity contribution is 0.593. The van der Waals surface area contributed by atoms with Gasteiger partial charge in [-0.15, -0.1) is 0 Å². The average molecular weight is 808 g/mol. The van der Waals surface area contributed by atoms with Crippen LogP contribution in [0, 0.1) is 0 Å². The van der Waals surface area contributed by atoms with Crippen LogP contribution in [0.2, 0.25) is 0 Å². The fourth-order valence-electron chi connectivity index (χ4n) is 11.3. The van der Waals surface area contributed by atoms with Gasteiger partial charge in [-0.1, -0.05) is 217 Å². The van der Waals surface area contributed by atoms with Crippen molar-refractivity contribution in [2.24, 2.45) is 0 Å². The van der Waals surface area contributed by atoms with Crippen LogP contribution in [0.3, 0.4) is 0 Å². The molecule has 0 bridgehead atoms. The highest BCUT2D eigenvalue weighted by Gasteiger charge is 2.29. The Morgan fingerprint density at radius 1 is 0.333 bits per heavy atom. The van der Waals surface area contributed by atoms with Crippen molar-refractivity contribution in [3.8, 4) is 39.2 Å². The summed E-state index contributed by atoms with van der Waals surface area (Å²) in [5, 5.41) is 16.9. The second-order valence-corrected chi connectivity index (χ2v) is 19.6. The van der Waals surface area contributed by atoms with Gasteiger partial charge in [0, 0.05) is 22.0 Å². The van der Waals surface area contributed by atoms with Gasteiger partial charge in [-0.05, 0) is 116 Å². The molecule has 11 aromatic carbocycles. The Morgan fingerprint density at radius 2 is 0.825 bits per heavy atom. The van der Waals surface area contributed by atoms with E-state index < -0.39 is 0 Å². The molecule has 0 aliphatic rings. The SMILES string of the molecule is CC(C)(C)c1c2ccccc2c(C(C)(C)C)c2cc(-n3c(-c4ccccc4)c(-c4ccccc4)c4ccc5c(-c6ccc7ccc8cccc9ccc6c7c89)cccc5c43)ccc12. The molecule has 302 valence electrons. The van der Waals surface area contributed by atoms with Gasteiger partial charge in [-0.2, -0.15) is 0 Å². The molecule has 0 amide bonds. The molecule has 0 aliphatic carbocycles. The summed E-state index contributed by atoms with van der Waals surface area (Å²) in [7, 11) is 0. The maximum absolute atomic E-state index is 2.60. The van der Waals surface area contributed by atoms with Crippen LogP contribution in [-0.4, -0.2) is 4.57 Å². The Balaban J connectivity index is 1.24. The Kier molecular flexibility index (Phi) is 8.13. The van der Waals surface area contributed by atoms with Crippen LogP contribution in [0.4, 0.5) is 0 Å². The van der Waals surface area contributed by atoms with E-state index in [0.717, 1.165) is 5.69 Å². The van der Waals surface area contributed by atoms with E-state index in [-0.39, 0.29) is 10.8 Å². The third-order valence-corrected chi connectivity index (χ3v) is 13.7. The molecule has 0 unspecified atom stereocenters. The van der Waals surface area contributed by atoms with Crippen LogP contribution in [0.5, 0.6) is 0 Å². The molecule has 0 radical (unpaired) electrons. The van der Waals surface area contributed by atoms with Crippen LogP contribution < -0.4 is 0 Å². The number of hydrogen-bond donors (Lipinski definition) is 0. The average Bonchev–Trinajstić information content (AvgIpc) is 3.65. The van der Waals surface area contributed by atoms with Crippen molar-refractivity contribution in [3.05, 3.63) is 199 Å². The summed E-state index contributed by atoms with van der Waals surface area (Å²) in [5.41, 5.74) is 12.4. The summed E-state index contributed by atoms with van der Waals surface area (Å²) in [6.45, 7) is 14.2. The van der Waals surface area contributed by atoms with Crippen LogP contribution >= 0.6 is 0 Å². The number of fused-ring (bicyclic) bond motifs is 5. The molecule has 1 nitrogen and oxygen atoms in total. The van der Waals surface area contributed by atoms with Gasteiger partial charge < -0.3 is 4.57 Å². The summed E-state index contributed by atoms with van der Waals surface area (Å²) >= 11 is 0. The third kappa shape index (κ3) is 5.62. The minimum atomic E-state index is -0.106. The highest BCUT2D eigenvalue weighted by atomic mass is 15.0. The van der Waals surface area contributed by atoms with E-state index in [2.05, 4.69) is 234 Å². The lowest BCUT2D eigenvalue weighted by Gasteiger charge is -2.30. The fourth-order valence-corrected chi connectivity index (χ4v) is 11.3. The number of nitrogens with zero attached hydrogens (tertiary/aromatic N) is 1. The van der Waals surface area contributed by atoms with E-state index in [0.29, 0.717) is 0 Å². The van der Waals surface area contributed by atoms with Crippen molar-refractivity contribution in [2.45, 2.75) is 52.4 Å². The molecular weight excluding hydrogens is 759 g/mol. The van der Waals surface area contributed by atoms with E-state index in [9.17, 15) is 0 Å². The molecule has 0 fully saturated rings. The van der Waals surface area contributed by atoms with Gasteiger partial charge >= 0.3 is 0 Å². The van der Waals surface area contributed by atoms with Crippen molar-refractivity contribution in [1.29, 1.82) is 0 Å². The minimum absolute atomic E-state index is 0.0661. The first kappa shape index (κ1) is 37.5. The van der Waals surface area contributed by atoms with Crippen molar-refractivity contribution in [2.75, 3.05) is 0 Å². The molecule has 1 aromatic heterocycles. The molecule has 0 spiro atoms. The largest absolute Gasteiger partial charge is 0.308 e. The lowest BCUT2D eigenvalue weighted by atomic mass is 9.74. The molecule has 0 saturated carbocycles. The van der Waals surface area contributed by atoms with E-state index in [1.807, 2.05) is 0 Å². The van der Waals surface area contributed by atoms with Crippen molar-refractivity contribution in [3.63, 3.8) is 0 Å². The Bertz CT molecular complexity index is 3760. The summed E-state index contributed by atoms with van der Waals surface area (Å²) in [4.78, 5) is 0. The van der Waals surface area contributed by atoms with Crippen molar-refractivity contribution >= 4 is 75.5 Å². The lowest BCUT2D eigenvalue weighted by Crippen LogP contribution is -2.17. The molecule has 12 rings (SSSR count).